The zero-order valence-corrected chi connectivity index (χ0v) is 20.6. The molecule has 6 rings (SSSR count). The Morgan fingerprint density at radius 1 is 1.00 bits per heavy atom. The summed E-state index contributed by atoms with van der Waals surface area (Å²) < 4.78 is 37.7. The molecule has 184 valence electrons. The van der Waals surface area contributed by atoms with Crippen LogP contribution in [0.5, 0.6) is 0 Å². The van der Waals surface area contributed by atoms with E-state index in [1.807, 2.05) is 42.5 Å². The first-order valence-electron chi connectivity index (χ1n) is 11.6. The summed E-state index contributed by atoms with van der Waals surface area (Å²) in [5.41, 5.74) is 7.17. The number of aromatic nitrogens is 6. The minimum Gasteiger partial charge on any atom is -0.338 e. The average Bonchev–Trinajstić information content (AvgIpc) is 3.51. The van der Waals surface area contributed by atoms with Crippen molar-refractivity contribution in [2.75, 3.05) is 12.0 Å². The Balaban J connectivity index is 1.44. The Kier molecular flexibility index (Phi) is 5.53. The second-order valence-electron chi connectivity index (χ2n) is 8.94. The van der Waals surface area contributed by atoms with Gasteiger partial charge in [-0.25, -0.2) is 22.8 Å². The summed E-state index contributed by atoms with van der Waals surface area (Å²) >= 11 is 0. The molecule has 0 atom stereocenters. The summed E-state index contributed by atoms with van der Waals surface area (Å²) in [4.78, 5) is 16.8. The molecule has 10 heteroatoms. The average molecular weight is 513 g/mol. The molecule has 0 bridgehead atoms. The van der Waals surface area contributed by atoms with Gasteiger partial charge in [0, 0.05) is 35.8 Å². The number of fused-ring (bicyclic) bond motifs is 2. The van der Waals surface area contributed by atoms with Gasteiger partial charge in [0.1, 0.15) is 32.5 Å². The van der Waals surface area contributed by atoms with E-state index in [-0.39, 0.29) is 12.2 Å². The van der Waals surface area contributed by atoms with Gasteiger partial charge in [-0.2, -0.15) is 5.10 Å². The predicted octanol–water partition coefficient (Wildman–Crippen LogP) is 4.96. The minimum absolute atomic E-state index is 0.0454. The van der Waals surface area contributed by atoms with Crippen molar-refractivity contribution < 1.29 is 12.8 Å². The Labute approximate surface area is 211 Å². The molecule has 6 aromatic rings. The molecule has 1 aromatic carbocycles. The molecule has 0 aliphatic heterocycles. The highest BCUT2D eigenvalue weighted by Crippen LogP contribution is 2.34. The highest BCUT2D eigenvalue weighted by molar-refractivity contribution is 7.90. The van der Waals surface area contributed by atoms with Crippen LogP contribution in [0.3, 0.4) is 0 Å². The lowest BCUT2D eigenvalue weighted by atomic mass is 10.00. The van der Waals surface area contributed by atoms with Crippen LogP contribution >= 0.6 is 0 Å². The molecule has 0 fully saturated rings. The zero-order chi connectivity index (χ0) is 25.6. The number of aryl methyl sites for hydroxylation is 1. The van der Waals surface area contributed by atoms with Crippen molar-refractivity contribution in [3.05, 3.63) is 84.6 Å². The maximum Gasteiger partial charge on any atom is 0.147 e. The van der Waals surface area contributed by atoms with Crippen LogP contribution in [0.4, 0.5) is 4.39 Å². The van der Waals surface area contributed by atoms with Crippen molar-refractivity contribution in [2.45, 2.75) is 6.42 Å². The number of nitrogens with zero attached hydrogens (tertiary/aromatic N) is 4. The highest BCUT2D eigenvalue weighted by atomic mass is 32.2. The third-order valence-corrected chi connectivity index (χ3v) is 7.13. The number of hydrogen-bond acceptors (Lipinski definition) is 6. The molecule has 37 heavy (non-hydrogen) atoms. The second kappa shape index (κ2) is 8.90. The maximum atomic E-state index is 14.5. The molecule has 5 aromatic heterocycles. The van der Waals surface area contributed by atoms with E-state index in [1.54, 1.807) is 18.6 Å². The number of nitrogens with one attached hydrogen (secondary N) is 2. The number of sulfone groups is 1. The highest BCUT2D eigenvalue weighted by Gasteiger charge is 2.17. The van der Waals surface area contributed by atoms with Crippen molar-refractivity contribution in [1.82, 2.24) is 30.1 Å². The third-order valence-electron chi connectivity index (χ3n) is 6.18. The third kappa shape index (κ3) is 4.58. The lowest BCUT2D eigenvalue weighted by Gasteiger charge is -2.07. The fraction of sp³-hybridized carbons (Fsp3) is 0.111. The van der Waals surface area contributed by atoms with E-state index >= 15 is 0 Å². The van der Waals surface area contributed by atoms with Crippen molar-refractivity contribution >= 4 is 31.9 Å². The molecule has 0 aliphatic rings. The summed E-state index contributed by atoms with van der Waals surface area (Å²) in [6.07, 6.45) is 6.54. The summed E-state index contributed by atoms with van der Waals surface area (Å²) in [6, 6.07) is 16.0. The Bertz CT molecular complexity index is 1880. The normalized spacial score (nSPS) is 11.9. The van der Waals surface area contributed by atoms with E-state index < -0.39 is 15.7 Å². The summed E-state index contributed by atoms with van der Waals surface area (Å²) in [5, 5.41) is 8.31. The van der Waals surface area contributed by atoms with Gasteiger partial charge < -0.3 is 4.98 Å². The number of aromatic amines is 2. The number of benzene rings is 1. The molecule has 0 saturated carbocycles. The Hall–Kier alpha value is -4.44. The van der Waals surface area contributed by atoms with Gasteiger partial charge in [0.15, 0.2) is 0 Å². The number of pyridine rings is 3. The molecule has 0 radical (unpaired) electrons. The minimum atomic E-state index is -3.16. The Morgan fingerprint density at radius 2 is 1.89 bits per heavy atom. The first kappa shape index (κ1) is 23.0. The first-order chi connectivity index (χ1) is 17.8. The van der Waals surface area contributed by atoms with Crippen LogP contribution in [-0.2, 0) is 16.3 Å². The zero-order valence-electron chi connectivity index (χ0n) is 19.7. The van der Waals surface area contributed by atoms with E-state index in [0.717, 1.165) is 27.7 Å². The monoisotopic (exact) mass is 512 g/mol. The standard InChI is InChI=1S/C27H21FN6O2S/c1-37(35,36)10-7-16-11-18(13-19(28)12-16)20-6-9-30-27-21(20)14-24(32-27)26-25-23(33-34-26)5-4-22(31-25)17-3-2-8-29-15-17/h2-6,8-9,11-15H,7,10H2,1H3,(H,30,32)(H,33,34). The van der Waals surface area contributed by atoms with Crippen LogP contribution in [-0.4, -0.2) is 50.6 Å². The fourth-order valence-electron chi connectivity index (χ4n) is 4.42. The summed E-state index contributed by atoms with van der Waals surface area (Å²) in [6.45, 7) is 0. The van der Waals surface area contributed by atoms with E-state index in [4.69, 9.17) is 4.98 Å². The fourth-order valence-corrected chi connectivity index (χ4v) is 5.03. The molecule has 2 N–H and O–H groups in total. The van der Waals surface area contributed by atoms with Crippen LogP contribution in [0, 0.1) is 5.82 Å². The van der Waals surface area contributed by atoms with Gasteiger partial charge in [0.2, 0.25) is 0 Å². The van der Waals surface area contributed by atoms with Crippen molar-refractivity contribution in [3.8, 4) is 33.8 Å². The van der Waals surface area contributed by atoms with Crippen molar-refractivity contribution in [2.24, 2.45) is 0 Å². The van der Waals surface area contributed by atoms with Crippen LogP contribution in [0.15, 0.2) is 73.2 Å². The topological polar surface area (TPSA) is 117 Å². The quantitative estimate of drug-likeness (QED) is 0.326. The summed E-state index contributed by atoms with van der Waals surface area (Å²) in [5.74, 6) is -0.469. The first-order valence-corrected chi connectivity index (χ1v) is 13.6. The predicted molar refractivity (Wildman–Crippen MR) is 141 cm³/mol. The van der Waals surface area contributed by atoms with Gasteiger partial charge in [-0.3, -0.25) is 10.1 Å². The maximum absolute atomic E-state index is 14.5. The van der Waals surface area contributed by atoms with Crippen molar-refractivity contribution in [1.29, 1.82) is 0 Å². The van der Waals surface area contributed by atoms with Gasteiger partial charge in [-0.05, 0) is 71.6 Å². The van der Waals surface area contributed by atoms with Gasteiger partial charge in [-0.15, -0.1) is 0 Å². The van der Waals surface area contributed by atoms with Gasteiger partial charge >= 0.3 is 0 Å². The SMILES string of the molecule is CS(=O)(=O)CCc1cc(F)cc(-c2ccnc3[nH]c(-c4n[nH]c5ccc(-c6cccnc6)nc45)cc23)c1. The molecule has 5 heterocycles. The number of halogens is 1. The summed E-state index contributed by atoms with van der Waals surface area (Å²) in [7, 11) is -3.16. The smallest absolute Gasteiger partial charge is 0.147 e. The van der Waals surface area contributed by atoms with Crippen LogP contribution in [0.25, 0.3) is 55.8 Å². The van der Waals surface area contributed by atoms with E-state index in [9.17, 15) is 12.8 Å². The molecule has 0 amide bonds. The van der Waals surface area contributed by atoms with Crippen molar-refractivity contribution in [3.63, 3.8) is 0 Å². The molecule has 8 nitrogen and oxygen atoms in total. The lowest BCUT2D eigenvalue weighted by Crippen LogP contribution is -2.06. The molecule has 0 saturated heterocycles. The number of rotatable bonds is 6. The number of H-pyrrole nitrogens is 2. The van der Waals surface area contributed by atoms with E-state index in [0.29, 0.717) is 33.7 Å². The molecule has 0 unspecified atom stereocenters. The molecule has 0 spiro atoms. The molecular formula is C27H21FN6O2S. The van der Waals surface area contributed by atoms with Crippen LogP contribution < -0.4 is 0 Å². The Morgan fingerprint density at radius 3 is 2.70 bits per heavy atom. The van der Waals surface area contributed by atoms with Crippen LogP contribution in [0.2, 0.25) is 0 Å². The lowest BCUT2D eigenvalue weighted by molar-refractivity contribution is 0.600. The second-order valence-corrected chi connectivity index (χ2v) is 11.2. The largest absolute Gasteiger partial charge is 0.338 e. The van der Waals surface area contributed by atoms with Crippen LogP contribution in [0.1, 0.15) is 5.56 Å². The van der Waals surface area contributed by atoms with Gasteiger partial charge in [-0.1, -0.05) is 6.07 Å². The van der Waals surface area contributed by atoms with Gasteiger partial charge in [0.25, 0.3) is 0 Å². The molecular weight excluding hydrogens is 491 g/mol. The molecule has 0 aliphatic carbocycles. The van der Waals surface area contributed by atoms with Gasteiger partial charge in [0.05, 0.1) is 22.7 Å². The number of hydrogen-bond donors (Lipinski definition) is 2. The van der Waals surface area contributed by atoms with E-state index in [2.05, 4.69) is 25.1 Å². The van der Waals surface area contributed by atoms with E-state index in [1.165, 1.54) is 18.4 Å².